The largest absolute Gasteiger partial charge is 0.340 e. The number of aryl methyl sites for hydroxylation is 1. The molecule has 0 fully saturated rings. The van der Waals surface area contributed by atoms with Gasteiger partial charge in [0.15, 0.2) is 0 Å². The van der Waals surface area contributed by atoms with Crippen molar-refractivity contribution in [1.82, 2.24) is 9.47 Å². The van der Waals surface area contributed by atoms with E-state index in [1.807, 2.05) is 12.1 Å². The molecule has 1 aromatic heterocycles. The third kappa shape index (κ3) is 3.44. The summed E-state index contributed by atoms with van der Waals surface area (Å²) in [5, 5.41) is 1.40. The number of fused-ring (bicyclic) bond motifs is 3. The molecule has 0 N–H and O–H groups in total. The van der Waals surface area contributed by atoms with Crippen molar-refractivity contribution in [3.8, 4) is 0 Å². The second-order valence-corrected chi connectivity index (χ2v) is 7.66. The topological polar surface area (TPSA) is 8.17 Å². The highest BCUT2D eigenvalue weighted by molar-refractivity contribution is 5.87. The molecule has 2 nitrogen and oxygen atoms in total. The fourth-order valence-corrected chi connectivity index (χ4v) is 4.23. The molecule has 0 saturated heterocycles. The lowest BCUT2D eigenvalue weighted by atomic mass is 10.0. The third-order valence-corrected chi connectivity index (χ3v) is 5.81. The summed E-state index contributed by atoms with van der Waals surface area (Å²) in [6.45, 7) is 7.25. The van der Waals surface area contributed by atoms with Crippen LogP contribution in [0.15, 0.2) is 48.5 Å². The van der Waals surface area contributed by atoms with Gasteiger partial charge in [0.05, 0.1) is 0 Å². The molecule has 0 unspecified atom stereocenters. The zero-order chi connectivity index (χ0) is 19.0. The highest BCUT2D eigenvalue weighted by atomic mass is 19.1. The fraction of sp³-hybridized carbons (Fsp3) is 0.333. The third-order valence-electron chi connectivity index (χ3n) is 5.81. The Morgan fingerprint density at radius 1 is 1.07 bits per heavy atom. The summed E-state index contributed by atoms with van der Waals surface area (Å²) >= 11 is 0. The quantitative estimate of drug-likeness (QED) is 0.620. The van der Waals surface area contributed by atoms with Crippen molar-refractivity contribution >= 4 is 16.5 Å². The van der Waals surface area contributed by atoms with Crippen molar-refractivity contribution in [2.45, 2.75) is 33.2 Å². The molecule has 27 heavy (non-hydrogen) atoms. The van der Waals surface area contributed by atoms with E-state index in [4.69, 9.17) is 0 Å². The summed E-state index contributed by atoms with van der Waals surface area (Å²) in [7, 11) is 2.21. The lowest BCUT2D eigenvalue weighted by Crippen LogP contribution is -2.21. The second-order valence-electron chi connectivity index (χ2n) is 7.66. The van der Waals surface area contributed by atoms with Crippen LogP contribution in [0.3, 0.4) is 0 Å². The zero-order valence-electron chi connectivity index (χ0n) is 16.4. The van der Waals surface area contributed by atoms with E-state index in [-0.39, 0.29) is 5.82 Å². The van der Waals surface area contributed by atoms with Gasteiger partial charge in [-0.25, -0.2) is 4.39 Å². The second kappa shape index (κ2) is 7.32. The van der Waals surface area contributed by atoms with Crippen molar-refractivity contribution in [3.05, 3.63) is 76.7 Å². The molecule has 1 aliphatic heterocycles. The number of halogens is 1. The van der Waals surface area contributed by atoms with Crippen LogP contribution in [0.25, 0.3) is 16.5 Å². The molecule has 140 valence electrons. The van der Waals surface area contributed by atoms with E-state index in [1.165, 1.54) is 33.3 Å². The molecule has 4 rings (SSSR count). The number of rotatable bonds is 3. The summed E-state index contributed by atoms with van der Waals surface area (Å²) in [6, 6.07) is 13.7. The summed E-state index contributed by atoms with van der Waals surface area (Å²) in [5.41, 5.74) is 7.91. The molecule has 1 aliphatic rings. The highest BCUT2D eigenvalue weighted by Crippen LogP contribution is 2.32. The first-order valence-corrected chi connectivity index (χ1v) is 9.77. The molecule has 0 aliphatic carbocycles. The molecule has 2 heterocycles. The zero-order valence-corrected chi connectivity index (χ0v) is 16.4. The van der Waals surface area contributed by atoms with Gasteiger partial charge in [-0.1, -0.05) is 29.8 Å². The van der Waals surface area contributed by atoms with Crippen LogP contribution >= 0.6 is 0 Å². The predicted octanol–water partition coefficient (Wildman–Crippen LogP) is 5.22. The van der Waals surface area contributed by atoms with E-state index in [2.05, 4.69) is 54.6 Å². The Kier molecular flexibility index (Phi) is 4.88. The van der Waals surface area contributed by atoms with Crippen LogP contribution in [0, 0.1) is 12.7 Å². The molecule has 0 saturated carbocycles. The van der Waals surface area contributed by atoms with Gasteiger partial charge in [-0.2, -0.15) is 0 Å². The Morgan fingerprint density at radius 2 is 1.81 bits per heavy atom. The highest BCUT2D eigenvalue weighted by Gasteiger charge is 2.21. The number of hydrogen-bond acceptors (Lipinski definition) is 1. The summed E-state index contributed by atoms with van der Waals surface area (Å²) in [6.07, 6.45) is 4.32. The predicted molar refractivity (Wildman–Crippen MR) is 112 cm³/mol. The van der Waals surface area contributed by atoms with E-state index in [9.17, 15) is 4.39 Å². The van der Waals surface area contributed by atoms with Crippen molar-refractivity contribution in [2.24, 2.45) is 0 Å². The van der Waals surface area contributed by atoms with Gasteiger partial charge < -0.3 is 9.47 Å². The molecule has 0 atom stereocenters. The Balaban J connectivity index is 1.82. The fourth-order valence-electron chi connectivity index (χ4n) is 4.23. The number of nitrogens with zero attached hydrogens (tertiary/aromatic N) is 2. The Labute approximate surface area is 160 Å². The van der Waals surface area contributed by atoms with E-state index < -0.39 is 0 Å². The van der Waals surface area contributed by atoms with Crippen LogP contribution in [0.2, 0.25) is 0 Å². The van der Waals surface area contributed by atoms with Crippen LogP contribution in [0.4, 0.5) is 4.39 Å². The van der Waals surface area contributed by atoms with Crippen LogP contribution in [0.1, 0.15) is 29.3 Å². The number of hydrogen-bond donors (Lipinski definition) is 0. The van der Waals surface area contributed by atoms with Gasteiger partial charge in [-0.3, -0.25) is 0 Å². The number of aromatic nitrogens is 1. The van der Waals surface area contributed by atoms with Crippen molar-refractivity contribution in [1.29, 1.82) is 0 Å². The maximum Gasteiger partial charge on any atom is 0.123 e. The van der Waals surface area contributed by atoms with Crippen LogP contribution in [-0.4, -0.2) is 29.6 Å². The normalized spacial score (nSPS) is 15.8. The average Bonchev–Trinajstić information content (AvgIpc) is 2.80. The van der Waals surface area contributed by atoms with Crippen LogP contribution < -0.4 is 0 Å². The molecule has 0 radical (unpaired) electrons. The molecule has 3 heteroatoms. The molecule has 0 bridgehead atoms. The first kappa shape index (κ1) is 18.0. The Hall–Kier alpha value is -2.39. The standard InChI is InChI=1S/C24H27FN2/c1-4-18(19-6-8-20(25)9-7-19)16-27-23-10-5-17(2)15-22(23)21-11-13-26(3)14-12-24(21)27/h4-10,15H,11-14,16H2,1-3H3. The summed E-state index contributed by atoms with van der Waals surface area (Å²) < 4.78 is 15.8. The van der Waals surface area contributed by atoms with E-state index in [0.29, 0.717) is 0 Å². The minimum atomic E-state index is -0.187. The van der Waals surface area contributed by atoms with Gasteiger partial charge in [0.1, 0.15) is 5.82 Å². The number of allylic oxidation sites excluding steroid dienone is 2. The Morgan fingerprint density at radius 3 is 2.56 bits per heavy atom. The lowest BCUT2D eigenvalue weighted by molar-refractivity contribution is 0.351. The molecular weight excluding hydrogens is 335 g/mol. The van der Waals surface area contributed by atoms with Crippen molar-refractivity contribution < 1.29 is 4.39 Å². The van der Waals surface area contributed by atoms with Gasteiger partial charge >= 0.3 is 0 Å². The van der Waals surface area contributed by atoms with Crippen LogP contribution in [0.5, 0.6) is 0 Å². The van der Waals surface area contributed by atoms with Gasteiger partial charge in [0, 0.05) is 42.7 Å². The first-order valence-electron chi connectivity index (χ1n) is 9.77. The maximum absolute atomic E-state index is 13.4. The van der Waals surface area contributed by atoms with Gasteiger partial charge in [0.25, 0.3) is 0 Å². The summed E-state index contributed by atoms with van der Waals surface area (Å²) in [4.78, 5) is 2.42. The monoisotopic (exact) mass is 362 g/mol. The number of likely N-dealkylation sites (N-methyl/N-ethyl adjacent to an activating group) is 1. The van der Waals surface area contributed by atoms with E-state index in [1.54, 1.807) is 12.1 Å². The smallest absolute Gasteiger partial charge is 0.123 e. The molecule has 0 spiro atoms. The molecule has 0 amide bonds. The lowest BCUT2D eigenvalue weighted by Gasteiger charge is -2.16. The number of benzene rings is 2. The maximum atomic E-state index is 13.4. The van der Waals surface area contributed by atoms with E-state index in [0.717, 1.165) is 38.0 Å². The first-order chi connectivity index (χ1) is 13.1. The van der Waals surface area contributed by atoms with Crippen molar-refractivity contribution in [2.75, 3.05) is 20.1 Å². The minimum absolute atomic E-state index is 0.187. The van der Waals surface area contributed by atoms with Crippen LogP contribution in [-0.2, 0) is 19.4 Å². The van der Waals surface area contributed by atoms with Gasteiger partial charge in [0.2, 0.25) is 0 Å². The SMILES string of the molecule is CC=C(Cn1c2c(c3cc(C)ccc31)CCN(C)CC2)c1ccc(F)cc1. The average molecular weight is 362 g/mol. The van der Waals surface area contributed by atoms with Gasteiger partial charge in [-0.05, 0) is 68.3 Å². The molecule has 3 aromatic rings. The van der Waals surface area contributed by atoms with E-state index >= 15 is 0 Å². The Bertz CT molecular complexity index is 995. The van der Waals surface area contributed by atoms with Crippen molar-refractivity contribution in [3.63, 3.8) is 0 Å². The summed E-state index contributed by atoms with van der Waals surface area (Å²) in [5.74, 6) is -0.187. The van der Waals surface area contributed by atoms with Gasteiger partial charge in [-0.15, -0.1) is 0 Å². The minimum Gasteiger partial charge on any atom is -0.340 e. The molecule has 2 aromatic carbocycles. The molecular formula is C24H27FN2.